The number of carbonyl (C=O) groups excluding carboxylic acids is 1. The number of nitrogens with one attached hydrogen (secondary N) is 1. The summed E-state index contributed by atoms with van der Waals surface area (Å²) >= 11 is 15.3. The van der Waals surface area contributed by atoms with E-state index in [0.717, 1.165) is 15.7 Å². The fraction of sp³-hybridized carbons (Fsp3) is 0.250. The van der Waals surface area contributed by atoms with Gasteiger partial charge in [0.1, 0.15) is 12.4 Å². The molecule has 0 aliphatic carbocycles. The van der Waals surface area contributed by atoms with Gasteiger partial charge in [-0.25, -0.2) is 9.67 Å². The van der Waals surface area contributed by atoms with E-state index in [1.54, 1.807) is 34.6 Å². The highest BCUT2D eigenvalue weighted by molar-refractivity contribution is 9.10. The number of nitrogens with zero attached hydrogens (tertiary/aromatic N) is 5. The van der Waals surface area contributed by atoms with Gasteiger partial charge in [-0.2, -0.15) is 5.10 Å². The van der Waals surface area contributed by atoms with Crippen LogP contribution in [0.25, 0.3) is 0 Å². The fourth-order valence-corrected chi connectivity index (χ4v) is 2.86. The molecule has 3 rings (SSSR count). The zero-order valence-corrected chi connectivity index (χ0v) is 17.0. The lowest BCUT2D eigenvalue weighted by Crippen LogP contribution is -2.24. The summed E-state index contributed by atoms with van der Waals surface area (Å²) in [5, 5.41) is 12.2. The number of hydrogen-bond acceptors (Lipinski definition) is 4. The van der Waals surface area contributed by atoms with E-state index in [4.69, 9.17) is 23.2 Å². The predicted octanol–water partition coefficient (Wildman–Crippen LogP) is 4.10. The van der Waals surface area contributed by atoms with Crippen LogP contribution in [0.5, 0.6) is 0 Å². The van der Waals surface area contributed by atoms with E-state index in [1.165, 1.54) is 6.33 Å². The summed E-state index contributed by atoms with van der Waals surface area (Å²) in [6.07, 6.45) is 3.30. The Morgan fingerprint density at radius 2 is 2.08 bits per heavy atom. The Labute approximate surface area is 168 Å². The molecule has 0 fully saturated rings. The molecular weight excluding hydrogens is 443 g/mol. The van der Waals surface area contributed by atoms with Crippen LogP contribution in [0.15, 0.2) is 35.2 Å². The molecule has 26 heavy (non-hydrogen) atoms. The second kappa shape index (κ2) is 7.77. The minimum atomic E-state index is -0.498. The molecule has 0 radical (unpaired) electrons. The lowest BCUT2D eigenvalue weighted by Gasteiger charge is -2.10. The third-order valence-electron chi connectivity index (χ3n) is 3.73. The van der Waals surface area contributed by atoms with Gasteiger partial charge in [0.05, 0.1) is 26.8 Å². The van der Waals surface area contributed by atoms with Gasteiger partial charge in [-0.15, -0.1) is 5.10 Å². The minimum Gasteiger partial charge on any atom is -0.291 e. The summed E-state index contributed by atoms with van der Waals surface area (Å²) < 4.78 is 4.04. The van der Waals surface area contributed by atoms with E-state index < -0.39 is 6.04 Å². The lowest BCUT2D eigenvalue weighted by atomic mass is 10.2. The summed E-state index contributed by atoms with van der Waals surface area (Å²) in [6, 6.07) is 4.85. The van der Waals surface area contributed by atoms with Crippen molar-refractivity contribution in [3.05, 3.63) is 56.5 Å². The highest BCUT2D eigenvalue weighted by atomic mass is 79.9. The van der Waals surface area contributed by atoms with Crippen molar-refractivity contribution in [2.45, 2.75) is 26.4 Å². The van der Waals surface area contributed by atoms with Crippen molar-refractivity contribution in [2.75, 3.05) is 5.32 Å². The Bertz CT molecular complexity index is 935. The molecule has 0 saturated heterocycles. The number of amides is 1. The molecule has 0 aliphatic rings. The zero-order valence-electron chi connectivity index (χ0n) is 13.9. The number of benzene rings is 1. The molecule has 7 nitrogen and oxygen atoms in total. The monoisotopic (exact) mass is 456 g/mol. The third kappa shape index (κ3) is 4.25. The number of aryl methyl sites for hydroxylation is 1. The van der Waals surface area contributed by atoms with Gasteiger partial charge in [0.2, 0.25) is 5.95 Å². The Hall–Kier alpha value is -1.90. The van der Waals surface area contributed by atoms with Crippen LogP contribution in [0.1, 0.15) is 24.2 Å². The molecule has 1 atom stereocenters. The number of rotatable bonds is 5. The maximum Gasteiger partial charge on any atom is 0.251 e. The Morgan fingerprint density at radius 1 is 1.31 bits per heavy atom. The van der Waals surface area contributed by atoms with Crippen LogP contribution in [0.4, 0.5) is 5.95 Å². The van der Waals surface area contributed by atoms with Gasteiger partial charge >= 0.3 is 0 Å². The first-order valence-corrected chi connectivity index (χ1v) is 9.24. The molecule has 1 amide bonds. The van der Waals surface area contributed by atoms with Crippen molar-refractivity contribution in [3.8, 4) is 0 Å². The smallest absolute Gasteiger partial charge is 0.251 e. The van der Waals surface area contributed by atoms with Gasteiger partial charge in [0.25, 0.3) is 5.91 Å². The predicted molar refractivity (Wildman–Crippen MR) is 104 cm³/mol. The highest BCUT2D eigenvalue weighted by Crippen LogP contribution is 2.23. The van der Waals surface area contributed by atoms with E-state index in [0.29, 0.717) is 16.6 Å². The molecule has 0 bridgehead atoms. The second-order valence-electron chi connectivity index (χ2n) is 5.72. The van der Waals surface area contributed by atoms with Crippen molar-refractivity contribution in [1.29, 1.82) is 0 Å². The Morgan fingerprint density at radius 3 is 2.73 bits per heavy atom. The summed E-state index contributed by atoms with van der Waals surface area (Å²) in [4.78, 5) is 16.5. The van der Waals surface area contributed by atoms with Crippen molar-refractivity contribution in [2.24, 2.45) is 0 Å². The SMILES string of the molecule is Cc1nn(C(C)C(=O)Nc2ncn(Cc3ccc(Cl)c(Cl)c3)n2)cc1Br. The highest BCUT2D eigenvalue weighted by Gasteiger charge is 2.18. The Kier molecular flexibility index (Phi) is 5.64. The molecule has 0 aliphatic heterocycles. The van der Waals surface area contributed by atoms with Crippen molar-refractivity contribution in [3.63, 3.8) is 0 Å². The summed E-state index contributed by atoms with van der Waals surface area (Å²) in [5.74, 6) is -0.0304. The first kappa shape index (κ1) is 18.9. The van der Waals surface area contributed by atoms with Crippen molar-refractivity contribution in [1.82, 2.24) is 24.5 Å². The van der Waals surface area contributed by atoms with Gasteiger partial charge in [-0.1, -0.05) is 29.3 Å². The van der Waals surface area contributed by atoms with E-state index in [9.17, 15) is 4.79 Å². The molecule has 10 heteroatoms. The van der Waals surface area contributed by atoms with Crippen LogP contribution >= 0.6 is 39.1 Å². The summed E-state index contributed by atoms with van der Waals surface area (Å²) in [6.45, 7) is 4.07. The van der Waals surface area contributed by atoms with E-state index in [-0.39, 0.29) is 11.9 Å². The average molecular weight is 458 g/mol. The van der Waals surface area contributed by atoms with Gasteiger partial charge in [0.15, 0.2) is 0 Å². The van der Waals surface area contributed by atoms with E-state index >= 15 is 0 Å². The molecule has 2 aromatic heterocycles. The molecule has 1 aromatic carbocycles. The maximum absolute atomic E-state index is 12.4. The van der Waals surface area contributed by atoms with E-state index in [2.05, 4.69) is 36.4 Å². The number of halogens is 3. The van der Waals surface area contributed by atoms with Crippen LogP contribution in [-0.2, 0) is 11.3 Å². The largest absolute Gasteiger partial charge is 0.291 e. The molecular formula is C16H15BrCl2N6O. The van der Waals surface area contributed by atoms with E-state index in [1.807, 2.05) is 13.0 Å². The zero-order chi connectivity index (χ0) is 18.8. The molecule has 2 heterocycles. The van der Waals surface area contributed by atoms with Gasteiger partial charge in [-0.05, 0) is 47.5 Å². The Balaban J connectivity index is 1.65. The second-order valence-corrected chi connectivity index (χ2v) is 7.39. The van der Waals surface area contributed by atoms with Crippen LogP contribution < -0.4 is 5.32 Å². The quantitative estimate of drug-likeness (QED) is 0.625. The lowest BCUT2D eigenvalue weighted by molar-refractivity contribution is -0.119. The molecule has 1 N–H and O–H groups in total. The molecule has 0 spiro atoms. The first-order chi connectivity index (χ1) is 12.3. The van der Waals surface area contributed by atoms with Gasteiger partial charge < -0.3 is 0 Å². The van der Waals surface area contributed by atoms with Gasteiger partial charge in [-0.3, -0.25) is 14.8 Å². The molecule has 1 unspecified atom stereocenters. The summed E-state index contributed by atoms with van der Waals surface area (Å²) in [7, 11) is 0. The van der Waals surface area contributed by atoms with Crippen LogP contribution in [0, 0.1) is 6.92 Å². The number of aromatic nitrogens is 5. The van der Waals surface area contributed by atoms with Crippen molar-refractivity contribution < 1.29 is 4.79 Å². The minimum absolute atomic E-state index is 0.227. The standard InChI is InChI=1S/C16H15BrCl2N6O/c1-9-12(17)7-25(22-9)10(2)15(26)21-16-20-8-24(23-16)6-11-3-4-13(18)14(19)5-11/h3-5,7-8,10H,6H2,1-2H3,(H,21,23,26). The van der Waals surface area contributed by atoms with Crippen LogP contribution in [0.2, 0.25) is 10.0 Å². The summed E-state index contributed by atoms with van der Waals surface area (Å²) in [5.41, 5.74) is 1.74. The third-order valence-corrected chi connectivity index (χ3v) is 5.25. The van der Waals surface area contributed by atoms with Crippen molar-refractivity contribution >= 4 is 51.0 Å². The maximum atomic E-state index is 12.4. The van der Waals surface area contributed by atoms with Crippen LogP contribution in [-0.4, -0.2) is 30.5 Å². The van der Waals surface area contributed by atoms with Gasteiger partial charge in [0, 0.05) is 6.20 Å². The molecule has 0 saturated carbocycles. The normalized spacial score (nSPS) is 12.2. The number of carbonyl (C=O) groups is 1. The first-order valence-electron chi connectivity index (χ1n) is 7.69. The topological polar surface area (TPSA) is 77.6 Å². The molecule has 3 aromatic rings. The van der Waals surface area contributed by atoms with Crippen LogP contribution in [0.3, 0.4) is 0 Å². The number of hydrogen-bond donors (Lipinski definition) is 1. The average Bonchev–Trinajstić information content (AvgIpc) is 3.17. The fourth-order valence-electron chi connectivity index (χ4n) is 2.25. The number of anilines is 1. The molecule has 136 valence electrons.